The lowest BCUT2D eigenvalue weighted by molar-refractivity contribution is 0.0461. The van der Waals surface area contributed by atoms with E-state index in [2.05, 4.69) is 14.8 Å². The van der Waals surface area contributed by atoms with Crippen LogP contribution in [0.15, 0.2) is 35.1 Å². The molecule has 2 aromatic heterocycles. The Labute approximate surface area is 201 Å². The van der Waals surface area contributed by atoms with E-state index in [1.165, 1.54) is 10.6 Å². The van der Waals surface area contributed by atoms with Gasteiger partial charge in [-0.05, 0) is 43.7 Å². The van der Waals surface area contributed by atoms with E-state index in [4.69, 9.17) is 4.74 Å². The molecule has 0 radical (unpaired) electrons. The predicted octanol–water partition coefficient (Wildman–Crippen LogP) is 3.51. The molecule has 1 aromatic carbocycles. The molecular weight excluding hydrogens is 459 g/mol. The van der Waals surface area contributed by atoms with Crippen molar-refractivity contribution in [2.75, 3.05) is 31.7 Å². The van der Waals surface area contributed by atoms with Gasteiger partial charge in [-0.1, -0.05) is 0 Å². The van der Waals surface area contributed by atoms with Crippen molar-refractivity contribution < 1.29 is 17.9 Å². The largest absolute Gasteiger partial charge is 0.383 e. The van der Waals surface area contributed by atoms with Crippen molar-refractivity contribution in [1.29, 1.82) is 5.26 Å². The first-order valence-corrected chi connectivity index (χ1v) is 11.2. The summed E-state index contributed by atoms with van der Waals surface area (Å²) in [6.07, 6.45) is 0. The highest BCUT2D eigenvalue weighted by Crippen LogP contribution is 2.33. The second-order valence-corrected chi connectivity index (χ2v) is 8.88. The second-order valence-electron chi connectivity index (χ2n) is 8.88. The van der Waals surface area contributed by atoms with Gasteiger partial charge in [0.05, 0.1) is 23.9 Å². The third kappa shape index (κ3) is 4.49. The summed E-state index contributed by atoms with van der Waals surface area (Å²) in [4.78, 5) is 21.3. The number of rotatable bonds is 5. The minimum atomic E-state index is -1.49. The quantitative estimate of drug-likeness (QED) is 0.515. The molecule has 4 rings (SSSR count). The average Bonchev–Trinajstić information content (AvgIpc) is 2.84. The van der Waals surface area contributed by atoms with Gasteiger partial charge in [0.25, 0.3) is 5.56 Å². The van der Waals surface area contributed by atoms with E-state index in [1.807, 2.05) is 19.9 Å². The number of aromatic nitrogens is 2. The summed E-state index contributed by atoms with van der Waals surface area (Å²) in [5.41, 5.74) is 2.12. The first-order valence-electron chi connectivity index (χ1n) is 11.2. The maximum Gasteiger partial charge on any atom is 0.252 e. The number of ether oxygens (including phenoxy) is 1. The lowest BCUT2D eigenvalue weighted by atomic mass is 9.99. The Bertz CT molecular complexity index is 1350. The lowest BCUT2D eigenvalue weighted by Gasteiger charge is -2.48. The Kier molecular flexibility index (Phi) is 6.83. The second kappa shape index (κ2) is 9.68. The van der Waals surface area contributed by atoms with Crippen molar-refractivity contribution in [2.45, 2.75) is 32.0 Å². The van der Waals surface area contributed by atoms with Crippen LogP contribution in [-0.4, -0.2) is 53.3 Å². The molecule has 10 heteroatoms. The third-order valence-electron chi connectivity index (χ3n) is 6.72. The number of methoxy groups -OCH3 is 1. The Morgan fingerprint density at radius 3 is 2.51 bits per heavy atom. The van der Waals surface area contributed by atoms with Crippen LogP contribution in [0.3, 0.4) is 0 Å². The topological polar surface area (TPSA) is 74.4 Å². The molecule has 1 fully saturated rings. The molecule has 3 atom stereocenters. The van der Waals surface area contributed by atoms with Crippen LogP contribution in [0.5, 0.6) is 0 Å². The summed E-state index contributed by atoms with van der Waals surface area (Å²) >= 11 is 0. The van der Waals surface area contributed by atoms with Crippen LogP contribution >= 0.6 is 0 Å². The summed E-state index contributed by atoms with van der Waals surface area (Å²) in [7, 11) is 3.22. The van der Waals surface area contributed by atoms with E-state index in [0.717, 1.165) is 12.1 Å². The van der Waals surface area contributed by atoms with E-state index < -0.39 is 23.5 Å². The van der Waals surface area contributed by atoms with Crippen LogP contribution in [0.4, 0.5) is 18.9 Å². The number of aryl methyl sites for hydroxylation is 1. The normalized spacial score (nSPS) is 19.7. The molecule has 35 heavy (non-hydrogen) atoms. The molecule has 3 heterocycles. The molecule has 0 N–H and O–H groups in total. The Balaban J connectivity index is 1.74. The number of nitrogens with zero attached hydrogens (tertiary/aromatic N) is 5. The minimum absolute atomic E-state index is 0.122. The molecule has 7 nitrogen and oxygen atoms in total. The molecule has 1 saturated heterocycles. The van der Waals surface area contributed by atoms with Crippen LogP contribution in [0.1, 0.15) is 31.1 Å². The van der Waals surface area contributed by atoms with Gasteiger partial charge in [-0.2, -0.15) is 5.26 Å². The SMILES string of the molecule is COC[C@@H]1CN(c2cc(=O)n(C)c3ccc(C#N)nc23)[C@@H](C)CN1C(C)c1cc(F)c(F)c(F)c1. The van der Waals surface area contributed by atoms with Gasteiger partial charge >= 0.3 is 0 Å². The van der Waals surface area contributed by atoms with Crippen LogP contribution in [0, 0.1) is 28.8 Å². The zero-order valence-corrected chi connectivity index (χ0v) is 19.9. The minimum Gasteiger partial charge on any atom is -0.383 e. The zero-order chi connectivity index (χ0) is 25.4. The predicted molar refractivity (Wildman–Crippen MR) is 126 cm³/mol. The molecule has 0 saturated carbocycles. The van der Waals surface area contributed by atoms with Crippen LogP contribution in [0.2, 0.25) is 0 Å². The van der Waals surface area contributed by atoms with E-state index in [9.17, 15) is 23.2 Å². The standard InChI is InChI=1S/C25H26F3N5O2/c1-14-11-33(15(2)16-7-19(26)24(28)20(27)8-16)18(13-35-4)12-32(14)22-9-23(34)31(3)21-6-5-17(10-29)30-25(21)22/h5-9,14-15,18H,11-13H2,1-4H3/t14-,15?,18-/m0/s1. The number of hydrogen-bond acceptors (Lipinski definition) is 6. The zero-order valence-electron chi connectivity index (χ0n) is 19.9. The van der Waals surface area contributed by atoms with Crippen LogP contribution in [0.25, 0.3) is 11.0 Å². The molecule has 184 valence electrons. The van der Waals surface area contributed by atoms with E-state index in [0.29, 0.717) is 42.0 Å². The molecule has 1 aliphatic heterocycles. The third-order valence-corrected chi connectivity index (χ3v) is 6.72. The maximum absolute atomic E-state index is 13.9. The first kappa shape index (κ1) is 24.7. The number of pyridine rings is 2. The summed E-state index contributed by atoms with van der Waals surface area (Å²) in [5, 5.41) is 9.35. The van der Waals surface area contributed by atoms with E-state index in [-0.39, 0.29) is 23.3 Å². The Morgan fingerprint density at radius 2 is 1.89 bits per heavy atom. The highest BCUT2D eigenvalue weighted by atomic mass is 19.2. The summed E-state index contributed by atoms with van der Waals surface area (Å²) in [6, 6.07) is 8.12. The van der Waals surface area contributed by atoms with Crippen molar-refractivity contribution in [3.05, 3.63) is 69.4 Å². The summed E-state index contributed by atoms with van der Waals surface area (Å²) in [5.74, 6) is -3.95. The van der Waals surface area contributed by atoms with Crippen LogP contribution < -0.4 is 10.5 Å². The highest BCUT2D eigenvalue weighted by Gasteiger charge is 2.36. The fourth-order valence-corrected chi connectivity index (χ4v) is 4.82. The maximum atomic E-state index is 13.9. The Hall–Kier alpha value is -3.42. The summed E-state index contributed by atoms with van der Waals surface area (Å²) < 4.78 is 48.3. The van der Waals surface area contributed by atoms with Gasteiger partial charge in [0.15, 0.2) is 17.5 Å². The van der Waals surface area contributed by atoms with Crippen molar-refractivity contribution >= 4 is 16.7 Å². The number of anilines is 1. The molecule has 1 aliphatic rings. The molecule has 3 aromatic rings. The van der Waals surface area contributed by atoms with Crippen LogP contribution in [-0.2, 0) is 11.8 Å². The molecular formula is C25H26F3N5O2. The van der Waals surface area contributed by atoms with Gasteiger partial charge in [-0.3, -0.25) is 9.69 Å². The van der Waals surface area contributed by atoms with Crippen molar-refractivity contribution in [3.63, 3.8) is 0 Å². The van der Waals surface area contributed by atoms with Gasteiger partial charge in [0.1, 0.15) is 17.3 Å². The fourth-order valence-electron chi connectivity index (χ4n) is 4.82. The van der Waals surface area contributed by atoms with Crippen molar-refractivity contribution in [2.24, 2.45) is 7.05 Å². The molecule has 0 spiro atoms. The molecule has 1 unspecified atom stereocenters. The van der Waals surface area contributed by atoms with Gasteiger partial charge in [0, 0.05) is 45.4 Å². The highest BCUT2D eigenvalue weighted by molar-refractivity contribution is 5.89. The molecule has 0 aliphatic carbocycles. The number of hydrogen-bond donors (Lipinski definition) is 0. The van der Waals surface area contributed by atoms with Crippen molar-refractivity contribution in [1.82, 2.24) is 14.5 Å². The number of halogens is 3. The molecule has 0 bridgehead atoms. The fraction of sp³-hybridized carbons (Fsp3) is 0.400. The van der Waals surface area contributed by atoms with E-state index >= 15 is 0 Å². The summed E-state index contributed by atoms with van der Waals surface area (Å²) in [6.45, 7) is 5.02. The first-order chi connectivity index (χ1) is 16.7. The monoisotopic (exact) mass is 485 g/mol. The number of nitriles is 1. The average molecular weight is 486 g/mol. The van der Waals surface area contributed by atoms with Gasteiger partial charge in [-0.15, -0.1) is 0 Å². The molecule has 0 amide bonds. The van der Waals surface area contributed by atoms with Crippen molar-refractivity contribution in [3.8, 4) is 6.07 Å². The number of fused-ring (bicyclic) bond motifs is 1. The number of benzene rings is 1. The van der Waals surface area contributed by atoms with Gasteiger partial charge in [0.2, 0.25) is 0 Å². The Morgan fingerprint density at radius 1 is 1.20 bits per heavy atom. The van der Waals surface area contributed by atoms with Gasteiger partial charge < -0.3 is 14.2 Å². The number of piperazine rings is 1. The smallest absolute Gasteiger partial charge is 0.252 e. The van der Waals surface area contributed by atoms with E-state index in [1.54, 1.807) is 26.3 Å². The van der Waals surface area contributed by atoms with Gasteiger partial charge in [-0.25, -0.2) is 18.2 Å². The lowest BCUT2D eigenvalue weighted by Crippen LogP contribution is -2.59.